The van der Waals surface area contributed by atoms with E-state index in [1.807, 2.05) is 23.2 Å². The van der Waals surface area contributed by atoms with Crippen molar-refractivity contribution in [3.8, 4) is 0 Å². The predicted molar refractivity (Wildman–Crippen MR) is 69.5 cm³/mol. The van der Waals surface area contributed by atoms with E-state index < -0.39 is 0 Å². The maximum atomic E-state index is 5.86. The number of halogens is 2. The van der Waals surface area contributed by atoms with E-state index >= 15 is 0 Å². The molecular weight excluding hydrogens is 324 g/mol. The number of hydrogen-bond donors (Lipinski definition) is 0. The van der Waals surface area contributed by atoms with Gasteiger partial charge < -0.3 is 0 Å². The third-order valence-corrected chi connectivity index (χ3v) is 3.37. The summed E-state index contributed by atoms with van der Waals surface area (Å²) in [6, 6.07) is 5.62. The van der Waals surface area contributed by atoms with Gasteiger partial charge in [0.15, 0.2) is 0 Å². The molecule has 0 bridgehead atoms. The molecule has 0 atom stereocenters. The maximum Gasteiger partial charge on any atom is 0.101 e. The van der Waals surface area contributed by atoms with Crippen molar-refractivity contribution in [3.05, 3.63) is 26.8 Å². The molecule has 3 nitrogen and oxygen atoms in total. The third-order valence-electron chi connectivity index (χ3n) is 2.27. The molecule has 1 fully saturated rings. The zero-order valence-corrected chi connectivity index (χ0v) is 11.1. The van der Waals surface area contributed by atoms with Gasteiger partial charge in [-0.25, -0.2) is 0 Å². The second-order valence-corrected chi connectivity index (χ2v) is 5.04. The molecular formula is C10H11ClIN3. The summed E-state index contributed by atoms with van der Waals surface area (Å²) in [6.45, 7) is 2.04. The zero-order chi connectivity index (χ0) is 10.7. The Balaban J connectivity index is 2.09. The first kappa shape index (κ1) is 11.1. The molecule has 1 aliphatic heterocycles. The second kappa shape index (κ2) is 5.12. The molecule has 15 heavy (non-hydrogen) atoms. The molecule has 1 aliphatic rings. The van der Waals surface area contributed by atoms with E-state index in [1.54, 1.807) is 0 Å². The Labute approximate surface area is 108 Å². The van der Waals surface area contributed by atoms with Crippen LogP contribution in [0.4, 0.5) is 5.69 Å². The smallest absolute Gasteiger partial charge is 0.101 e. The maximum absolute atomic E-state index is 5.86. The van der Waals surface area contributed by atoms with E-state index in [9.17, 15) is 0 Å². The Morgan fingerprint density at radius 2 is 2.00 bits per heavy atom. The highest BCUT2D eigenvalue weighted by Gasteiger charge is 2.08. The first-order chi connectivity index (χ1) is 7.25. The molecule has 2 rings (SSSR count). The molecule has 0 N–H and O–H groups in total. The lowest BCUT2D eigenvalue weighted by Gasteiger charge is -2.07. The summed E-state index contributed by atoms with van der Waals surface area (Å²) in [6.07, 6.45) is 2.44. The van der Waals surface area contributed by atoms with Crippen molar-refractivity contribution in [1.82, 2.24) is 5.01 Å². The van der Waals surface area contributed by atoms with Gasteiger partial charge in [0.2, 0.25) is 0 Å². The molecule has 5 heteroatoms. The summed E-state index contributed by atoms with van der Waals surface area (Å²) in [5.74, 6) is 0. The average Bonchev–Trinajstić information content (AvgIpc) is 2.69. The highest BCUT2D eigenvalue weighted by Crippen LogP contribution is 2.25. The summed E-state index contributed by atoms with van der Waals surface area (Å²) in [4.78, 5) is 0. The van der Waals surface area contributed by atoms with Gasteiger partial charge in [0.1, 0.15) is 5.69 Å². The van der Waals surface area contributed by atoms with Gasteiger partial charge in [-0.2, -0.15) is 0 Å². The highest BCUT2D eigenvalue weighted by molar-refractivity contribution is 14.1. The quantitative estimate of drug-likeness (QED) is 0.592. The van der Waals surface area contributed by atoms with Crippen molar-refractivity contribution in [2.24, 2.45) is 10.3 Å². The monoisotopic (exact) mass is 335 g/mol. The largest absolute Gasteiger partial charge is 0.278 e. The second-order valence-electron chi connectivity index (χ2n) is 3.45. The van der Waals surface area contributed by atoms with E-state index in [1.165, 1.54) is 12.8 Å². The number of hydrogen-bond acceptors (Lipinski definition) is 2. The van der Waals surface area contributed by atoms with E-state index in [0.29, 0.717) is 0 Å². The summed E-state index contributed by atoms with van der Waals surface area (Å²) in [5.41, 5.74) is 0.881. The standard InChI is InChI=1S/C10H11ClIN3/c11-8-3-4-10(9(12)7-8)13-14-15-5-1-2-6-15/h3-4,7H,1-2,5-6H2. The molecule has 0 aliphatic carbocycles. The number of rotatable bonds is 2. The molecule has 1 aromatic carbocycles. The van der Waals surface area contributed by atoms with Gasteiger partial charge in [0.25, 0.3) is 0 Å². The molecule has 0 aromatic heterocycles. The normalized spacial score (nSPS) is 16.5. The summed E-state index contributed by atoms with van der Waals surface area (Å²) >= 11 is 8.07. The van der Waals surface area contributed by atoms with Gasteiger partial charge >= 0.3 is 0 Å². The molecule has 0 radical (unpaired) electrons. The molecule has 0 amide bonds. The molecule has 80 valence electrons. The Hall–Kier alpha value is -0.360. The van der Waals surface area contributed by atoms with E-state index in [2.05, 4.69) is 32.9 Å². The van der Waals surface area contributed by atoms with E-state index in [0.717, 1.165) is 27.4 Å². The van der Waals surface area contributed by atoms with Crippen molar-refractivity contribution in [2.75, 3.05) is 13.1 Å². The lowest BCUT2D eigenvalue weighted by molar-refractivity contribution is 0.336. The van der Waals surface area contributed by atoms with Crippen molar-refractivity contribution in [1.29, 1.82) is 0 Å². The van der Waals surface area contributed by atoms with E-state index in [-0.39, 0.29) is 0 Å². The van der Waals surface area contributed by atoms with Crippen LogP contribution in [0.15, 0.2) is 28.5 Å². The first-order valence-corrected chi connectivity index (χ1v) is 6.33. The molecule has 0 saturated carbocycles. The van der Waals surface area contributed by atoms with Gasteiger partial charge in [-0.3, -0.25) is 5.01 Å². The summed E-state index contributed by atoms with van der Waals surface area (Å²) < 4.78 is 1.03. The summed E-state index contributed by atoms with van der Waals surface area (Å²) in [5, 5.41) is 11.1. The van der Waals surface area contributed by atoms with Gasteiger partial charge in [-0.05, 0) is 53.6 Å². The van der Waals surface area contributed by atoms with Crippen molar-refractivity contribution < 1.29 is 0 Å². The van der Waals surface area contributed by atoms with E-state index in [4.69, 9.17) is 11.6 Å². The fourth-order valence-electron chi connectivity index (χ4n) is 1.46. The lowest BCUT2D eigenvalue weighted by Crippen LogP contribution is -2.09. The SMILES string of the molecule is Clc1ccc(N=NN2CCCC2)c(I)c1. The van der Waals surface area contributed by atoms with Gasteiger partial charge in [0.05, 0.1) is 0 Å². The van der Waals surface area contributed by atoms with Crippen LogP contribution in [0.1, 0.15) is 12.8 Å². The minimum atomic E-state index is 0.736. The summed E-state index contributed by atoms with van der Waals surface area (Å²) in [7, 11) is 0. The van der Waals surface area contributed by atoms with Crippen LogP contribution in [0.25, 0.3) is 0 Å². The third kappa shape index (κ3) is 3.04. The van der Waals surface area contributed by atoms with Crippen LogP contribution in [0, 0.1) is 3.57 Å². The Morgan fingerprint density at radius 3 is 2.67 bits per heavy atom. The predicted octanol–water partition coefficient (Wildman–Crippen LogP) is 4.04. The zero-order valence-electron chi connectivity index (χ0n) is 8.16. The molecule has 0 unspecified atom stereocenters. The fourth-order valence-corrected chi connectivity index (χ4v) is 2.44. The molecule has 0 spiro atoms. The Kier molecular flexibility index (Phi) is 3.80. The highest BCUT2D eigenvalue weighted by atomic mass is 127. The molecule has 1 aromatic rings. The van der Waals surface area contributed by atoms with Gasteiger partial charge in [0, 0.05) is 21.7 Å². The fraction of sp³-hybridized carbons (Fsp3) is 0.400. The van der Waals surface area contributed by atoms with Gasteiger partial charge in [-0.15, -0.1) is 5.11 Å². The van der Waals surface area contributed by atoms with Gasteiger partial charge in [-0.1, -0.05) is 16.8 Å². The van der Waals surface area contributed by atoms with Crippen LogP contribution in [-0.2, 0) is 0 Å². The molecule has 1 heterocycles. The Morgan fingerprint density at radius 1 is 1.27 bits per heavy atom. The first-order valence-electron chi connectivity index (χ1n) is 4.87. The minimum Gasteiger partial charge on any atom is -0.278 e. The number of benzene rings is 1. The van der Waals surface area contributed by atoms with Crippen molar-refractivity contribution >= 4 is 39.9 Å². The van der Waals surface area contributed by atoms with Crippen LogP contribution in [0.5, 0.6) is 0 Å². The number of nitrogens with zero attached hydrogens (tertiary/aromatic N) is 3. The van der Waals surface area contributed by atoms with Crippen LogP contribution >= 0.6 is 34.2 Å². The van der Waals surface area contributed by atoms with Crippen LogP contribution in [-0.4, -0.2) is 18.1 Å². The Bertz CT molecular complexity index is 375. The lowest BCUT2D eigenvalue weighted by atomic mass is 10.3. The van der Waals surface area contributed by atoms with Crippen LogP contribution in [0.2, 0.25) is 5.02 Å². The average molecular weight is 336 g/mol. The van der Waals surface area contributed by atoms with Crippen LogP contribution in [0.3, 0.4) is 0 Å². The van der Waals surface area contributed by atoms with Crippen molar-refractivity contribution in [3.63, 3.8) is 0 Å². The minimum absolute atomic E-state index is 0.736. The topological polar surface area (TPSA) is 28.0 Å². The molecule has 1 saturated heterocycles. The van der Waals surface area contributed by atoms with Crippen LogP contribution < -0.4 is 0 Å². The van der Waals surface area contributed by atoms with Crippen molar-refractivity contribution in [2.45, 2.75) is 12.8 Å².